The Kier molecular flexibility index (Phi) is 6.78. The van der Waals surface area contributed by atoms with Crippen LogP contribution in [0.2, 0.25) is 0 Å². The third-order valence-electron chi connectivity index (χ3n) is 8.57. The molecule has 1 aromatic heterocycles. The maximum absolute atomic E-state index is 6.41. The maximum atomic E-state index is 6.41. The van der Waals surface area contributed by atoms with Gasteiger partial charge in [0.05, 0.1) is 0 Å². The van der Waals surface area contributed by atoms with Gasteiger partial charge in [-0.05, 0) is 109 Å². The number of allylic oxidation sites excluding steroid dienone is 5. The lowest BCUT2D eigenvalue weighted by Crippen LogP contribution is -1.91. The molecular weight excluding hydrogens is 553 g/mol. The van der Waals surface area contributed by atoms with Gasteiger partial charge in [0.1, 0.15) is 11.5 Å². The van der Waals surface area contributed by atoms with Crippen LogP contribution in [0.1, 0.15) is 23.3 Å². The third-order valence-corrected chi connectivity index (χ3v) is 9.54. The number of fused-ring (bicyclic) bond motifs is 3. The first kappa shape index (κ1) is 26.6. The SMILES string of the molecule is C=C1/C=C\C=C/Sc2c1cccc2-c1ccc(-c2cc(-c3cc4c(o3)C=CCC4)cc(-c3cccc4ccccc34)c2)cc1. The van der Waals surface area contributed by atoms with Crippen molar-refractivity contribution in [2.24, 2.45) is 0 Å². The molecule has 0 saturated heterocycles. The Balaban J connectivity index is 1.25. The summed E-state index contributed by atoms with van der Waals surface area (Å²) < 4.78 is 6.41. The monoisotopic (exact) mass is 582 g/mol. The molecule has 0 spiro atoms. The summed E-state index contributed by atoms with van der Waals surface area (Å²) in [6, 6.07) is 39.7. The van der Waals surface area contributed by atoms with E-state index < -0.39 is 0 Å². The molecule has 0 radical (unpaired) electrons. The molecule has 1 nitrogen and oxygen atoms in total. The summed E-state index contributed by atoms with van der Waals surface area (Å²) in [5, 5.41) is 4.63. The molecule has 8 rings (SSSR count). The smallest absolute Gasteiger partial charge is 0.135 e. The topological polar surface area (TPSA) is 13.1 Å². The highest BCUT2D eigenvalue weighted by Crippen LogP contribution is 2.41. The Morgan fingerprint density at radius 2 is 1.36 bits per heavy atom. The second kappa shape index (κ2) is 11.2. The van der Waals surface area contributed by atoms with Crippen molar-refractivity contribution in [2.75, 3.05) is 0 Å². The van der Waals surface area contributed by atoms with Crippen LogP contribution < -0.4 is 0 Å². The molecule has 0 amide bonds. The van der Waals surface area contributed by atoms with Gasteiger partial charge in [-0.1, -0.05) is 128 Å². The molecule has 2 heterocycles. The minimum absolute atomic E-state index is 0.920. The molecule has 6 aromatic rings. The first-order valence-corrected chi connectivity index (χ1v) is 15.9. The summed E-state index contributed by atoms with van der Waals surface area (Å²) in [6.07, 6.45) is 12.6. The van der Waals surface area contributed by atoms with E-state index in [1.807, 2.05) is 0 Å². The molecule has 2 aliphatic rings. The number of benzene rings is 5. The summed E-state index contributed by atoms with van der Waals surface area (Å²) in [6.45, 7) is 4.31. The van der Waals surface area contributed by atoms with Gasteiger partial charge in [-0.3, -0.25) is 0 Å². The molecule has 1 aliphatic heterocycles. The molecule has 2 heteroatoms. The Morgan fingerprint density at radius 1 is 0.614 bits per heavy atom. The molecule has 210 valence electrons. The second-order valence-corrected chi connectivity index (χ2v) is 12.3. The van der Waals surface area contributed by atoms with Crippen molar-refractivity contribution in [1.29, 1.82) is 0 Å². The van der Waals surface area contributed by atoms with E-state index in [4.69, 9.17) is 4.42 Å². The van der Waals surface area contributed by atoms with Crippen molar-refractivity contribution in [2.45, 2.75) is 17.7 Å². The molecule has 0 bridgehead atoms. The zero-order chi connectivity index (χ0) is 29.5. The Hall–Kier alpha value is -5.05. The minimum atomic E-state index is 0.920. The van der Waals surface area contributed by atoms with E-state index in [0.29, 0.717) is 0 Å². The number of thioether (sulfide) groups is 1. The number of rotatable bonds is 4. The Bertz CT molecular complexity index is 2150. The highest BCUT2D eigenvalue weighted by atomic mass is 32.2. The van der Waals surface area contributed by atoms with Crippen LogP contribution in [0.25, 0.3) is 67.1 Å². The van der Waals surface area contributed by atoms with Crippen LogP contribution in [0.15, 0.2) is 155 Å². The van der Waals surface area contributed by atoms with Crippen molar-refractivity contribution < 1.29 is 4.42 Å². The van der Waals surface area contributed by atoms with Crippen molar-refractivity contribution in [3.63, 3.8) is 0 Å². The molecule has 0 unspecified atom stereocenters. The van der Waals surface area contributed by atoms with Gasteiger partial charge in [-0.2, -0.15) is 0 Å². The zero-order valence-corrected chi connectivity index (χ0v) is 25.1. The second-order valence-electron chi connectivity index (χ2n) is 11.4. The van der Waals surface area contributed by atoms with Gasteiger partial charge in [-0.15, -0.1) is 0 Å². The summed E-state index contributed by atoms with van der Waals surface area (Å²) in [7, 11) is 0. The van der Waals surface area contributed by atoms with Crippen molar-refractivity contribution in [3.8, 4) is 44.7 Å². The first-order valence-electron chi connectivity index (χ1n) is 15.1. The third kappa shape index (κ3) is 4.88. The summed E-state index contributed by atoms with van der Waals surface area (Å²) in [5.41, 5.74) is 11.8. The number of furan rings is 1. The minimum Gasteiger partial charge on any atom is -0.456 e. The van der Waals surface area contributed by atoms with Gasteiger partial charge in [0.25, 0.3) is 0 Å². The van der Waals surface area contributed by atoms with Crippen LogP contribution in [-0.2, 0) is 6.42 Å². The molecule has 5 aromatic carbocycles. The van der Waals surface area contributed by atoms with Gasteiger partial charge in [0.15, 0.2) is 0 Å². The highest BCUT2D eigenvalue weighted by Gasteiger charge is 2.17. The predicted octanol–water partition coefficient (Wildman–Crippen LogP) is 12.2. The van der Waals surface area contributed by atoms with Crippen LogP contribution in [0.5, 0.6) is 0 Å². The molecule has 0 saturated carbocycles. The number of hydrogen-bond acceptors (Lipinski definition) is 2. The van der Waals surface area contributed by atoms with Crippen LogP contribution >= 0.6 is 11.8 Å². The highest BCUT2D eigenvalue weighted by molar-refractivity contribution is 8.02. The first-order chi connectivity index (χ1) is 21.7. The van der Waals surface area contributed by atoms with E-state index in [1.165, 1.54) is 60.2 Å². The van der Waals surface area contributed by atoms with Crippen LogP contribution in [0.4, 0.5) is 0 Å². The Labute approximate surface area is 262 Å². The van der Waals surface area contributed by atoms with E-state index in [2.05, 4.69) is 152 Å². The fourth-order valence-electron chi connectivity index (χ4n) is 6.32. The average molecular weight is 583 g/mol. The van der Waals surface area contributed by atoms with Crippen LogP contribution in [-0.4, -0.2) is 0 Å². The van der Waals surface area contributed by atoms with E-state index in [-0.39, 0.29) is 0 Å². The van der Waals surface area contributed by atoms with Gasteiger partial charge >= 0.3 is 0 Å². The fourth-order valence-corrected chi connectivity index (χ4v) is 7.26. The largest absolute Gasteiger partial charge is 0.456 e. The van der Waals surface area contributed by atoms with Crippen molar-refractivity contribution in [1.82, 2.24) is 0 Å². The zero-order valence-electron chi connectivity index (χ0n) is 24.3. The van der Waals surface area contributed by atoms with Gasteiger partial charge in [-0.25, -0.2) is 0 Å². The van der Waals surface area contributed by atoms with Crippen LogP contribution in [0, 0.1) is 0 Å². The quantitative estimate of drug-likeness (QED) is 0.205. The molecule has 44 heavy (non-hydrogen) atoms. The van der Waals surface area contributed by atoms with Crippen molar-refractivity contribution >= 4 is 34.2 Å². The molecule has 0 atom stereocenters. The van der Waals surface area contributed by atoms with Crippen LogP contribution in [0.3, 0.4) is 0 Å². The van der Waals surface area contributed by atoms with E-state index >= 15 is 0 Å². The standard InChI is InChI=1S/C42H30OS/c1-28-10-6-7-23-44-42-36(28)15-9-17-39(42)31-21-19-29(20-22-31)33-24-34(38-16-8-13-30-11-2-4-14-37(30)38)26-35(25-33)41-27-32-12-3-5-18-40(32)43-41/h2,4-11,13-27H,1,3,12H2/b10-6-,23-7-. The molecule has 0 fully saturated rings. The van der Waals surface area contributed by atoms with Gasteiger partial charge in [0.2, 0.25) is 0 Å². The van der Waals surface area contributed by atoms with E-state index in [0.717, 1.165) is 35.5 Å². The van der Waals surface area contributed by atoms with E-state index in [1.54, 1.807) is 11.8 Å². The van der Waals surface area contributed by atoms with Gasteiger partial charge in [0, 0.05) is 10.5 Å². The average Bonchev–Trinajstić information content (AvgIpc) is 3.51. The summed E-state index contributed by atoms with van der Waals surface area (Å²) in [4.78, 5) is 1.24. The summed E-state index contributed by atoms with van der Waals surface area (Å²) >= 11 is 1.75. The molecule has 1 aliphatic carbocycles. The number of hydrogen-bond donors (Lipinski definition) is 0. The maximum Gasteiger partial charge on any atom is 0.135 e. The fraction of sp³-hybridized carbons (Fsp3) is 0.0476. The predicted molar refractivity (Wildman–Crippen MR) is 188 cm³/mol. The lowest BCUT2D eigenvalue weighted by atomic mass is 9.91. The Morgan fingerprint density at radius 3 is 2.27 bits per heavy atom. The normalized spacial score (nSPS) is 15.3. The molecule has 0 N–H and O–H groups in total. The molecular formula is C42H30OS. The lowest BCUT2D eigenvalue weighted by Gasteiger charge is -2.15. The van der Waals surface area contributed by atoms with E-state index in [9.17, 15) is 0 Å². The number of aryl methyl sites for hydroxylation is 1. The van der Waals surface area contributed by atoms with Crippen molar-refractivity contribution in [3.05, 3.63) is 162 Å². The van der Waals surface area contributed by atoms with Gasteiger partial charge < -0.3 is 4.42 Å². The summed E-state index contributed by atoms with van der Waals surface area (Å²) in [5.74, 6) is 1.90. The lowest BCUT2D eigenvalue weighted by molar-refractivity contribution is 0.565.